The maximum atomic E-state index is 11.8. The largest absolute Gasteiger partial charge is 0.497 e. The molecule has 1 heterocycles. The Morgan fingerprint density at radius 1 is 1.41 bits per heavy atom. The molecule has 5 nitrogen and oxygen atoms in total. The van der Waals surface area contributed by atoms with Gasteiger partial charge in [0.05, 0.1) is 18.6 Å². The lowest BCUT2D eigenvalue weighted by Crippen LogP contribution is -2.46. The molecule has 22 heavy (non-hydrogen) atoms. The molecular formula is C15H22N2O3S2. The number of thiocarbonyl (C=S) groups is 1. The minimum Gasteiger partial charge on any atom is -0.497 e. The van der Waals surface area contributed by atoms with Crippen molar-refractivity contribution in [2.45, 2.75) is 25.9 Å². The molecule has 0 amide bonds. The third-order valence-corrected chi connectivity index (χ3v) is 5.88. The van der Waals surface area contributed by atoms with Crippen LogP contribution in [0.1, 0.15) is 18.9 Å². The van der Waals surface area contributed by atoms with Crippen LogP contribution in [0, 0.1) is 0 Å². The van der Waals surface area contributed by atoms with E-state index in [0.717, 1.165) is 17.9 Å². The van der Waals surface area contributed by atoms with E-state index in [0.29, 0.717) is 18.1 Å². The van der Waals surface area contributed by atoms with E-state index in [1.807, 2.05) is 36.1 Å². The van der Waals surface area contributed by atoms with E-state index in [-0.39, 0.29) is 17.5 Å². The standard InChI is InChI=1S/C15H22N2O3S2/c1-3-16-15(21)17(13-8-9-22(18,19)11-13)10-12-4-6-14(20-2)7-5-12/h4-7,13H,3,8-11H2,1-2H3,(H,16,21)/t13-/m1/s1. The fourth-order valence-electron chi connectivity index (χ4n) is 2.57. The molecule has 1 aliphatic rings. The molecule has 7 heteroatoms. The van der Waals surface area contributed by atoms with Gasteiger partial charge in [-0.05, 0) is 43.3 Å². The molecule has 2 rings (SSSR count). The maximum absolute atomic E-state index is 11.8. The van der Waals surface area contributed by atoms with Crippen LogP contribution in [0.25, 0.3) is 0 Å². The molecule has 1 fully saturated rings. The first-order valence-corrected chi connectivity index (χ1v) is 9.56. The van der Waals surface area contributed by atoms with Crippen molar-refractivity contribution >= 4 is 27.2 Å². The summed E-state index contributed by atoms with van der Waals surface area (Å²) < 4.78 is 28.7. The van der Waals surface area contributed by atoms with Crippen molar-refractivity contribution in [1.29, 1.82) is 0 Å². The summed E-state index contributed by atoms with van der Waals surface area (Å²) in [7, 11) is -1.31. The number of nitrogens with one attached hydrogen (secondary N) is 1. The molecule has 0 saturated carbocycles. The number of nitrogens with zero attached hydrogens (tertiary/aromatic N) is 1. The third kappa shape index (κ3) is 4.33. The monoisotopic (exact) mass is 342 g/mol. The van der Waals surface area contributed by atoms with Gasteiger partial charge in [-0.25, -0.2) is 8.42 Å². The predicted molar refractivity (Wildman–Crippen MR) is 91.9 cm³/mol. The number of sulfone groups is 1. The van der Waals surface area contributed by atoms with Gasteiger partial charge in [-0.2, -0.15) is 0 Å². The van der Waals surface area contributed by atoms with Crippen molar-refractivity contribution < 1.29 is 13.2 Å². The number of rotatable bonds is 5. The van der Waals surface area contributed by atoms with Crippen molar-refractivity contribution in [2.24, 2.45) is 0 Å². The van der Waals surface area contributed by atoms with Crippen molar-refractivity contribution in [3.63, 3.8) is 0 Å². The number of benzene rings is 1. The molecule has 1 aromatic rings. The molecule has 1 N–H and O–H groups in total. The van der Waals surface area contributed by atoms with Crippen LogP contribution in [0.4, 0.5) is 0 Å². The molecule has 0 spiro atoms. The first-order chi connectivity index (χ1) is 10.4. The molecule has 0 aliphatic carbocycles. The quantitative estimate of drug-likeness (QED) is 0.820. The highest BCUT2D eigenvalue weighted by Crippen LogP contribution is 2.21. The highest BCUT2D eigenvalue weighted by molar-refractivity contribution is 7.91. The van der Waals surface area contributed by atoms with E-state index in [1.54, 1.807) is 7.11 Å². The lowest BCUT2D eigenvalue weighted by Gasteiger charge is -2.31. The van der Waals surface area contributed by atoms with Gasteiger partial charge in [0.2, 0.25) is 0 Å². The molecule has 122 valence electrons. The SMILES string of the molecule is CCNC(=S)N(Cc1ccc(OC)cc1)[C@@H]1CCS(=O)(=O)C1. The van der Waals surface area contributed by atoms with Gasteiger partial charge in [0.1, 0.15) is 5.75 Å². The number of hydrogen-bond acceptors (Lipinski definition) is 4. The molecule has 1 aromatic carbocycles. The summed E-state index contributed by atoms with van der Waals surface area (Å²) in [6.45, 7) is 3.29. The minimum absolute atomic E-state index is 0.0568. The Bertz CT molecular complexity index is 614. The highest BCUT2D eigenvalue weighted by Gasteiger charge is 2.33. The van der Waals surface area contributed by atoms with E-state index in [9.17, 15) is 8.42 Å². The molecule has 0 bridgehead atoms. The molecule has 1 aliphatic heterocycles. The van der Waals surface area contributed by atoms with Gasteiger partial charge in [-0.15, -0.1) is 0 Å². The van der Waals surface area contributed by atoms with Crippen molar-refractivity contribution in [1.82, 2.24) is 10.2 Å². The third-order valence-electron chi connectivity index (χ3n) is 3.75. The van der Waals surface area contributed by atoms with E-state index >= 15 is 0 Å². The van der Waals surface area contributed by atoms with Crippen LogP contribution in [0.5, 0.6) is 5.75 Å². The molecule has 1 atom stereocenters. The number of ether oxygens (including phenoxy) is 1. The average Bonchev–Trinajstić information content (AvgIpc) is 2.85. The fourth-order valence-corrected chi connectivity index (χ4v) is 4.66. The summed E-state index contributed by atoms with van der Waals surface area (Å²) in [6, 6.07) is 7.69. The van der Waals surface area contributed by atoms with Crippen LogP contribution in [0.15, 0.2) is 24.3 Å². The maximum Gasteiger partial charge on any atom is 0.169 e. The molecule has 1 saturated heterocycles. The number of methoxy groups -OCH3 is 1. The summed E-state index contributed by atoms with van der Waals surface area (Å²) in [5, 5.41) is 3.74. The van der Waals surface area contributed by atoms with Crippen LogP contribution in [-0.2, 0) is 16.4 Å². The lowest BCUT2D eigenvalue weighted by atomic mass is 10.1. The van der Waals surface area contributed by atoms with Crippen LogP contribution in [-0.4, -0.2) is 49.6 Å². The number of hydrogen-bond donors (Lipinski definition) is 1. The van der Waals surface area contributed by atoms with Gasteiger partial charge >= 0.3 is 0 Å². The van der Waals surface area contributed by atoms with Crippen LogP contribution in [0.2, 0.25) is 0 Å². The zero-order chi connectivity index (χ0) is 16.2. The van der Waals surface area contributed by atoms with Gasteiger partial charge in [0, 0.05) is 19.1 Å². The predicted octanol–water partition coefficient (Wildman–Crippen LogP) is 1.58. The topological polar surface area (TPSA) is 58.6 Å². The summed E-state index contributed by atoms with van der Waals surface area (Å²) in [6.07, 6.45) is 0.629. The van der Waals surface area contributed by atoms with Crippen molar-refractivity contribution in [3.05, 3.63) is 29.8 Å². The molecule has 0 aromatic heterocycles. The second-order valence-corrected chi connectivity index (χ2v) is 7.98. The smallest absolute Gasteiger partial charge is 0.169 e. The Kier molecular flexibility index (Phi) is 5.63. The summed E-state index contributed by atoms with van der Waals surface area (Å²) in [5.41, 5.74) is 1.07. The Morgan fingerprint density at radius 2 is 2.09 bits per heavy atom. The molecule has 0 unspecified atom stereocenters. The van der Waals surface area contributed by atoms with E-state index in [2.05, 4.69) is 5.32 Å². The van der Waals surface area contributed by atoms with Gasteiger partial charge < -0.3 is 15.0 Å². The van der Waals surface area contributed by atoms with Crippen molar-refractivity contribution in [2.75, 3.05) is 25.2 Å². The van der Waals surface area contributed by atoms with Gasteiger partial charge in [-0.3, -0.25) is 0 Å². The zero-order valence-corrected chi connectivity index (χ0v) is 14.5. The van der Waals surface area contributed by atoms with Gasteiger partial charge in [0.15, 0.2) is 14.9 Å². The normalized spacial score (nSPS) is 19.6. The minimum atomic E-state index is -2.94. The van der Waals surface area contributed by atoms with E-state index in [4.69, 9.17) is 17.0 Å². The Labute approximate surface area is 137 Å². The lowest BCUT2D eigenvalue weighted by molar-refractivity contribution is 0.323. The second kappa shape index (κ2) is 7.28. The van der Waals surface area contributed by atoms with Crippen LogP contribution in [0.3, 0.4) is 0 Å². The molecule has 0 radical (unpaired) electrons. The second-order valence-electron chi connectivity index (χ2n) is 5.37. The Balaban J connectivity index is 2.15. The van der Waals surface area contributed by atoms with E-state index < -0.39 is 9.84 Å². The first-order valence-electron chi connectivity index (χ1n) is 7.33. The summed E-state index contributed by atoms with van der Waals surface area (Å²) in [5.74, 6) is 1.22. The Morgan fingerprint density at radius 3 is 2.59 bits per heavy atom. The van der Waals surface area contributed by atoms with E-state index in [1.165, 1.54) is 0 Å². The highest BCUT2D eigenvalue weighted by atomic mass is 32.2. The first kappa shape index (κ1) is 17.0. The fraction of sp³-hybridized carbons (Fsp3) is 0.533. The van der Waals surface area contributed by atoms with Crippen LogP contribution >= 0.6 is 12.2 Å². The summed E-state index contributed by atoms with van der Waals surface area (Å²) >= 11 is 5.43. The van der Waals surface area contributed by atoms with Crippen molar-refractivity contribution in [3.8, 4) is 5.75 Å². The average molecular weight is 342 g/mol. The molecular weight excluding hydrogens is 320 g/mol. The summed E-state index contributed by atoms with van der Waals surface area (Å²) in [4.78, 5) is 1.99. The van der Waals surface area contributed by atoms with Gasteiger partial charge in [-0.1, -0.05) is 12.1 Å². The van der Waals surface area contributed by atoms with Gasteiger partial charge in [0.25, 0.3) is 0 Å². The Hall–Kier alpha value is -1.34. The zero-order valence-electron chi connectivity index (χ0n) is 12.9. The van der Waals surface area contributed by atoms with Crippen LogP contribution < -0.4 is 10.1 Å².